The van der Waals surface area contributed by atoms with Crippen LogP contribution in [0.25, 0.3) is 11.0 Å². The van der Waals surface area contributed by atoms with E-state index in [0.29, 0.717) is 17.1 Å². The molecule has 0 bridgehead atoms. The van der Waals surface area contributed by atoms with Gasteiger partial charge in [-0.15, -0.1) is 0 Å². The van der Waals surface area contributed by atoms with Crippen molar-refractivity contribution < 1.29 is 13.9 Å². The van der Waals surface area contributed by atoms with Crippen molar-refractivity contribution in [2.75, 3.05) is 7.11 Å². The Morgan fingerprint density at radius 3 is 2.82 bits per heavy atom. The van der Waals surface area contributed by atoms with Gasteiger partial charge in [0.1, 0.15) is 0 Å². The number of rotatable bonds is 3. The average Bonchev–Trinajstić information content (AvgIpc) is 2.71. The second-order valence-corrected chi connectivity index (χ2v) is 4.12. The molecule has 0 spiro atoms. The van der Waals surface area contributed by atoms with Crippen molar-refractivity contribution >= 4 is 16.9 Å². The highest BCUT2D eigenvalue weighted by molar-refractivity contribution is 5.97. The van der Waals surface area contributed by atoms with E-state index in [-0.39, 0.29) is 11.9 Å². The van der Waals surface area contributed by atoms with Gasteiger partial charge in [0.15, 0.2) is 17.1 Å². The Kier molecular flexibility index (Phi) is 3.04. The summed E-state index contributed by atoms with van der Waals surface area (Å²) in [6, 6.07) is 7.34. The number of fused-ring (bicyclic) bond motifs is 1. The molecule has 1 amide bonds. The molecule has 4 nitrogen and oxygen atoms in total. The van der Waals surface area contributed by atoms with E-state index in [1.807, 2.05) is 26.0 Å². The highest BCUT2D eigenvalue weighted by Gasteiger charge is 2.14. The summed E-state index contributed by atoms with van der Waals surface area (Å²) < 4.78 is 10.7. The predicted molar refractivity (Wildman–Crippen MR) is 65.4 cm³/mol. The van der Waals surface area contributed by atoms with Gasteiger partial charge in [-0.1, -0.05) is 12.1 Å². The van der Waals surface area contributed by atoms with E-state index in [1.165, 1.54) is 0 Å². The number of nitrogens with one attached hydrogen (secondary N) is 1. The molecule has 0 aliphatic rings. The molecule has 2 aromatic rings. The minimum atomic E-state index is -0.210. The number of ether oxygens (including phenoxy) is 1. The molecule has 90 valence electrons. The molecule has 0 radical (unpaired) electrons. The first-order valence-corrected chi connectivity index (χ1v) is 5.49. The smallest absolute Gasteiger partial charge is 0.287 e. The molecule has 0 fully saturated rings. The van der Waals surface area contributed by atoms with E-state index in [1.54, 1.807) is 19.2 Å². The van der Waals surface area contributed by atoms with Gasteiger partial charge in [-0.2, -0.15) is 0 Å². The molecule has 0 saturated carbocycles. The van der Waals surface area contributed by atoms with Crippen LogP contribution in [0.3, 0.4) is 0 Å². The Labute approximate surface area is 99.6 Å². The Morgan fingerprint density at radius 1 is 1.41 bits per heavy atom. The monoisotopic (exact) mass is 233 g/mol. The summed E-state index contributed by atoms with van der Waals surface area (Å²) >= 11 is 0. The Hall–Kier alpha value is -1.97. The van der Waals surface area contributed by atoms with Gasteiger partial charge in [-0.25, -0.2) is 0 Å². The number of carbonyl (C=O) groups excluding carboxylic acids is 1. The van der Waals surface area contributed by atoms with Crippen LogP contribution in [0.5, 0.6) is 5.75 Å². The lowest BCUT2D eigenvalue weighted by Crippen LogP contribution is -2.29. The minimum Gasteiger partial charge on any atom is -0.493 e. The van der Waals surface area contributed by atoms with Crippen LogP contribution in [0.1, 0.15) is 24.4 Å². The Bertz CT molecular complexity index is 543. The Balaban J connectivity index is 2.41. The molecule has 4 heteroatoms. The number of para-hydroxylation sites is 1. The molecular weight excluding hydrogens is 218 g/mol. The normalized spacial score (nSPS) is 10.8. The number of benzene rings is 1. The van der Waals surface area contributed by atoms with Crippen LogP contribution in [0.4, 0.5) is 0 Å². The molecule has 1 aromatic heterocycles. The molecule has 0 aliphatic heterocycles. The van der Waals surface area contributed by atoms with Crippen molar-refractivity contribution in [3.63, 3.8) is 0 Å². The fraction of sp³-hybridized carbons (Fsp3) is 0.308. The first kappa shape index (κ1) is 11.5. The van der Waals surface area contributed by atoms with Gasteiger partial charge in [0.05, 0.1) is 7.11 Å². The van der Waals surface area contributed by atoms with Crippen LogP contribution in [-0.4, -0.2) is 19.1 Å². The van der Waals surface area contributed by atoms with Crippen LogP contribution in [0, 0.1) is 0 Å². The maximum absolute atomic E-state index is 11.8. The van der Waals surface area contributed by atoms with Gasteiger partial charge in [-0.3, -0.25) is 4.79 Å². The minimum absolute atomic E-state index is 0.0811. The maximum atomic E-state index is 11.8. The van der Waals surface area contributed by atoms with Crippen LogP contribution >= 0.6 is 0 Å². The molecule has 17 heavy (non-hydrogen) atoms. The highest BCUT2D eigenvalue weighted by atomic mass is 16.5. The zero-order valence-electron chi connectivity index (χ0n) is 10.1. The van der Waals surface area contributed by atoms with Crippen molar-refractivity contribution in [3.05, 3.63) is 30.0 Å². The molecule has 1 N–H and O–H groups in total. The van der Waals surface area contributed by atoms with Crippen LogP contribution in [0.15, 0.2) is 28.7 Å². The van der Waals surface area contributed by atoms with Crippen molar-refractivity contribution in [1.82, 2.24) is 5.32 Å². The van der Waals surface area contributed by atoms with E-state index >= 15 is 0 Å². The third-order valence-corrected chi connectivity index (χ3v) is 2.37. The van der Waals surface area contributed by atoms with Gasteiger partial charge in [0.25, 0.3) is 5.91 Å². The molecule has 1 heterocycles. The van der Waals surface area contributed by atoms with Crippen molar-refractivity contribution in [2.24, 2.45) is 0 Å². The summed E-state index contributed by atoms with van der Waals surface area (Å²) in [5.41, 5.74) is 0.601. The van der Waals surface area contributed by atoms with Crippen molar-refractivity contribution in [2.45, 2.75) is 19.9 Å². The van der Waals surface area contributed by atoms with Crippen LogP contribution in [0.2, 0.25) is 0 Å². The number of hydrogen-bond donors (Lipinski definition) is 1. The lowest BCUT2D eigenvalue weighted by molar-refractivity contribution is 0.0917. The van der Waals surface area contributed by atoms with Gasteiger partial charge in [0, 0.05) is 11.4 Å². The van der Waals surface area contributed by atoms with Crippen LogP contribution in [-0.2, 0) is 0 Å². The third kappa shape index (κ3) is 2.25. The summed E-state index contributed by atoms with van der Waals surface area (Å²) in [5.74, 6) is 0.725. The lowest BCUT2D eigenvalue weighted by atomic mass is 10.2. The fourth-order valence-electron chi connectivity index (χ4n) is 1.64. The van der Waals surface area contributed by atoms with Crippen molar-refractivity contribution in [3.8, 4) is 5.75 Å². The molecule has 0 atom stereocenters. The van der Waals surface area contributed by atoms with E-state index in [9.17, 15) is 4.79 Å². The fourth-order valence-corrected chi connectivity index (χ4v) is 1.64. The first-order valence-electron chi connectivity index (χ1n) is 5.49. The number of hydrogen-bond acceptors (Lipinski definition) is 3. The molecule has 2 rings (SSSR count). The Morgan fingerprint density at radius 2 is 2.18 bits per heavy atom. The van der Waals surface area contributed by atoms with Crippen molar-refractivity contribution in [1.29, 1.82) is 0 Å². The van der Waals surface area contributed by atoms with E-state index in [2.05, 4.69) is 5.32 Å². The SMILES string of the molecule is COc1cccc2cc(C(=O)NC(C)C)oc12. The average molecular weight is 233 g/mol. The largest absolute Gasteiger partial charge is 0.493 e. The highest BCUT2D eigenvalue weighted by Crippen LogP contribution is 2.28. The second-order valence-electron chi connectivity index (χ2n) is 4.12. The molecule has 1 aromatic carbocycles. The zero-order chi connectivity index (χ0) is 12.4. The quantitative estimate of drug-likeness (QED) is 0.886. The van der Waals surface area contributed by atoms with Gasteiger partial charge in [0.2, 0.25) is 0 Å². The maximum Gasteiger partial charge on any atom is 0.287 e. The molecule has 0 unspecified atom stereocenters. The van der Waals surface area contributed by atoms with E-state index in [0.717, 1.165) is 5.39 Å². The van der Waals surface area contributed by atoms with Gasteiger partial charge in [-0.05, 0) is 26.0 Å². The standard InChI is InChI=1S/C13H15NO3/c1-8(2)14-13(15)11-7-9-5-4-6-10(16-3)12(9)17-11/h4-8H,1-3H3,(H,14,15). The van der Waals surface area contributed by atoms with Gasteiger partial charge >= 0.3 is 0 Å². The number of methoxy groups -OCH3 is 1. The van der Waals surface area contributed by atoms with Gasteiger partial charge < -0.3 is 14.5 Å². The van der Waals surface area contributed by atoms with E-state index < -0.39 is 0 Å². The number of amides is 1. The topological polar surface area (TPSA) is 51.5 Å². The first-order chi connectivity index (χ1) is 8.11. The molecule has 0 saturated heterocycles. The van der Waals surface area contributed by atoms with E-state index in [4.69, 9.17) is 9.15 Å². The molecule has 0 aliphatic carbocycles. The third-order valence-electron chi connectivity index (χ3n) is 2.37. The predicted octanol–water partition coefficient (Wildman–Crippen LogP) is 2.58. The number of furan rings is 1. The lowest BCUT2D eigenvalue weighted by Gasteiger charge is -2.05. The number of carbonyl (C=O) groups is 1. The zero-order valence-corrected chi connectivity index (χ0v) is 10.1. The summed E-state index contributed by atoms with van der Waals surface area (Å²) in [4.78, 5) is 11.8. The molecular formula is C13H15NO3. The second kappa shape index (κ2) is 4.49. The van der Waals surface area contributed by atoms with Crippen LogP contribution < -0.4 is 10.1 Å². The summed E-state index contributed by atoms with van der Waals surface area (Å²) in [6.07, 6.45) is 0. The summed E-state index contributed by atoms with van der Waals surface area (Å²) in [6.45, 7) is 3.81. The summed E-state index contributed by atoms with van der Waals surface area (Å²) in [5, 5.41) is 3.64. The summed E-state index contributed by atoms with van der Waals surface area (Å²) in [7, 11) is 1.57.